The molecule has 1 amide bonds. The lowest BCUT2D eigenvalue weighted by molar-refractivity contribution is -0.0446. The summed E-state index contributed by atoms with van der Waals surface area (Å²) < 4.78 is 5.77. The lowest BCUT2D eigenvalue weighted by Crippen LogP contribution is -2.51. The average Bonchev–Trinajstić information content (AvgIpc) is 3.11. The summed E-state index contributed by atoms with van der Waals surface area (Å²) in [5.41, 5.74) is 1.58. The van der Waals surface area contributed by atoms with E-state index in [1.54, 1.807) is 0 Å². The molecule has 1 saturated heterocycles. The van der Waals surface area contributed by atoms with E-state index in [1.165, 1.54) is 0 Å². The number of morpholine rings is 1. The number of carbonyl (C=O) groups is 1. The Morgan fingerprint density at radius 3 is 3.14 bits per heavy atom. The first-order chi connectivity index (χ1) is 10.2. The molecule has 2 heterocycles. The van der Waals surface area contributed by atoms with Crippen molar-refractivity contribution in [1.82, 2.24) is 9.88 Å². The molecule has 1 aromatic carbocycles. The van der Waals surface area contributed by atoms with Crippen LogP contribution in [0.3, 0.4) is 0 Å². The molecule has 2 fully saturated rings. The Morgan fingerprint density at radius 2 is 2.24 bits per heavy atom. The zero-order valence-electron chi connectivity index (χ0n) is 11.6. The first-order valence-electron chi connectivity index (χ1n) is 7.43. The van der Waals surface area contributed by atoms with Gasteiger partial charge in [-0.25, -0.2) is 0 Å². The maximum atomic E-state index is 12.8. The molecule has 4 nitrogen and oxygen atoms in total. The molecule has 0 bridgehead atoms. The van der Waals surface area contributed by atoms with Crippen molar-refractivity contribution in [3.63, 3.8) is 0 Å². The zero-order chi connectivity index (χ0) is 14.4. The Bertz CT molecular complexity index is 697. The number of aromatic amines is 1. The number of nitrogens with one attached hydrogen (secondary N) is 1. The van der Waals surface area contributed by atoms with Crippen LogP contribution in [0, 0.1) is 0 Å². The van der Waals surface area contributed by atoms with Crippen molar-refractivity contribution in [2.75, 3.05) is 13.2 Å². The van der Waals surface area contributed by atoms with Gasteiger partial charge in [-0.1, -0.05) is 11.6 Å². The van der Waals surface area contributed by atoms with Gasteiger partial charge in [-0.05, 0) is 43.5 Å². The van der Waals surface area contributed by atoms with Crippen molar-refractivity contribution in [3.8, 4) is 0 Å². The fraction of sp³-hybridized carbons (Fsp3) is 0.438. The van der Waals surface area contributed by atoms with Gasteiger partial charge in [0.05, 0.1) is 18.8 Å². The van der Waals surface area contributed by atoms with Crippen LogP contribution in [0.4, 0.5) is 0 Å². The summed E-state index contributed by atoms with van der Waals surface area (Å²) in [6, 6.07) is 7.74. The van der Waals surface area contributed by atoms with E-state index in [2.05, 4.69) is 4.98 Å². The lowest BCUT2D eigenvalue weighted by atomic mass is 10.1. The van der Waals surface area contributed by atoms with Crippen molar-refractivity contribution in [2.45, 2.75) is 31.4 Å². The molecule has 21 heavy (non-hydrogen) atoms. The van der Waals surface area contributed by atoms with E-state index < -0.39 is 0 Å². The van der Waals surface area contributed by atoms with E-state index in [4.69, 9.17) is 16.3 Å². The van der Waals surface area contributed by atoms with Crippen LogP contribution in [0.15, 0.2) is 24.3 Å². The topological polar surface area (TPSA) is 45.3 Å². The summed E-state index contributed by atoms with van der Waals surface area (Å²) in [5, 5.41) is 1.66. The molecule has 4 rings (SSSR count). The van der Waals surface area contributed by atoms with Gasteiger partial charge in [-0.3, -0.25) is 4.79 Å². The first-order valence-corrected chi connectivity index (χ1v) is 7.81. The minimum absolute atomic E-state index is 0.0718. The summed E-state index contributed by atoms with van der Waals surface area (Å²) in [6.07, 6.45) is 3.47. The van der Waals surface area contributed by atoms with E-state index >= 15 is 0 Å². The number of benzene rings is 1. The fourth-order valence-corrected chi connectivity index (χ4v) is 3.73. The number of halogens is 1. The molecular weight excluding hydrogens is 288 g/mol. The van der Waals surface area contributed by atoms with Gasteiger partial charge in [-0.15, -0.1) is 0 Å². The van der Waals surface area contributed by atoms with Gasteiger partial charge < -0.3 is 14.6 Å². The summed E-state index contributed by atoms with van der Waals surface area (Å²) in [6.45, 7) is 1.31. The summed E-state index contributed by atoms with van der Waals surface area (Å²) in [7, 11) is 0. The van der Waals surface area contributed by atoms with Crippen molar-refractivity contribution in [3.05, 3.63) is 35.0 Å². The monoisotopic (exact) mass is 304 g/mol. The van der Waals surface area contributed by atoms with Crippen LogP contribution < -0.4 is 0 Å². The van der Waals surface area contributed by atoms with Gasteiger partial charge in [0.25, 0.3) is 5.91 Å². The predicted molar refractivity (Wildman–Crippen MR) is 81.7 cm³/mol. The van der Waals surface area contributed by atoms with Crippen LogP contribution in [0.25, 0.3) is 10.9 Å². The molecule has 1 aromatic heterocycles. The van der Waals surface area contributed by atoms with Crippen LogP contribution in [0.1, 0.15) is 29.8 Å². The molecule has 2 atom stereocenters. The number of hydrogen-bond acceptors (Lipinski definition) is 2. The molecule has 2 aromatic rings. The van der Waals surface area contributed by atoms with Crippen LogP contribution in [0.2, 0.25) is 5.02 Å². The molecule has 5 heteroatoms. The highest BCUT2D eigenvalue weighted by Gasteiger charge is 2.38. The minimum atomic E-state index is 0.0718. The van der Waals surface area contributed by atoms with Gasteiger partial charge in [0.1, 0.15) is 5.69 Å². The molecule has 1 saturated carbocycles. The van der Waals surface area contributed by atoms with Crippen molar-refractivity contribution < 1.29 is 9.53 Å². The van der Waals surface area contributed by atoms with Gasteiger partial charge in [0.2, 0.25) is 0 Å². The van der Waals surface area contributed by atoms with Crippen LogP contribution in [-0.2, 0) is 4.74 Å². The highest BCUT2D eigenvalue weighted by atomic mass is 35.5. The third-order valence-corrected chi connectivity index (χ3v) is 4.79. The number of H-pyrrole nitrogens is 1. The van der Waals surface area contributed by atoms with Crippen LogP contribution in [0.5, 0.6) is 0 Å². The average molecular weight is 305 g/mol. The highest BCUT2D eigenvalue weighted by Crippen LogP contribution is 2.31. The molecule has 1 N–H and O–H groups in total. The molecule has 0 radical (unpaired) electrons. The third kappa shape index (κ3) is 2.23. The lowest BCUT2D eigenvalue weighted by Gasteiger charge is -2.37. The second-order valence-electron chi connectivity index (χ2n) is 5.82. The highest BCUT2D eigenvalue weighted by molar-refractivity contribution is 6.31. The number of amides is 1. The Kier molecular flexibility index (Phi) is 3.16. The van der Waals surface area contributed by atoms with Gasteiger partial charge in [0.15, 0.2) is 0 Å². The second-order valence-corrected chi connectivity index (χ2v) is 6.26. The van der Waals surface area contributed by atoms with Crippen LogP contribution in [-0.4, -0.2) is 41.1 Å². The van der Waals surface area contributed by atoms with E-state index in [0.717, 1.165) is 30.2 Å². The third-order valence-electron chi connectivity index (χ3n) is 4.56. The predicted octanol–water partition coefficient (Wildman–Crippen LogP) is 3.21. The van der Waals surface area contributed by atoms with Crippen molar-refractivity contribution in [2.24, 2.45) is 0 Å². The first kappa shape index (κ1) is 13.2. The van der Waals surface area contributed by atoms with Gasteiger partial charge in [0, 0.05) is 22.5 Å². The van der Waals surface area contributed by atoms with E-state index in [-0.39, 0.29) is 18.1 Å². The minimum Gasteiger partial charge on any atom is -0.374 e. The Morgan fingerprint density at radius 1 is 1.33 bits per heavy atom. The van der Waals surface area contributed by atoms with E-state index in [0.29, 0.717) is 23.9 Å². The molecule has 0 spiro atoms. The molecule has 110 valence electrons. The van der Waals surface area contributed by atoms with E-state index in [1.807, 2.05) is 29.2 Å². The zero-order valence-corrected chi connectivity index (χ0v) is 12.4. The summed E-state index contributed by atoms with van der Waals surface area (Å²) in [4.78, 5) is 18.0. The standard InChI is InChI=1S/C16H17ClN2O2/c17-11-4-5-12-10(8-11)9-13(18-12)16(20)19-6-7-21-15-3-1-2-14(15)19/h4-5,8-9,14-15,18H,1-3,6-7H2/t14-,15-/m1/s1. The molecule has 2 aliphatic rings. The van der Waals surface area contributed by atoms with Crippen molar-refractivity contribution >= 4 is 28.4 Å². The van der Waals surface area contributed by atoms with E-state index in [9.17, 15) is 4.79 Å². The van der Waals surface area contributed by atoms with Crippen molar-refractivity contribution in [1.29, 1.82) is 0 Å². The second kappa shape index (κ2) is 5.04. The number of aromatic nitrogens is 1. The molecule has 1 aliphatic carbocycles. The largest absolute Gasteiger partial charge is 0.374 e. The SMILES string of the molecule is O=C(c1cc2cc(Cl)ccc2[nH]1)N1CCO[C@@H]2CCC[C@H]21. The Hall–Kier alpha value is -1.52. The van der Waals surface area contributed by atoms with Crippen LogP contribution >= 0.6 is 11.6 Å². The fourth-order valence-electron chi connectivity index (χ4n) is 3.55. The molecular formula is C16H17ClN2O2. The smallest absolute Gasteiger partial charge is 0.270 e. The quantitative estimate of drug-likeness (QED) is 0.879. The Balaban J connectivity index is 1.66. The number of carbonyl (C=O) groups excluding carboxylic acids is 1. The molecule has 1 aliphatic heterocycles. The summed E-state index contributed by atoms with van der Waals surface area (Å²) in [5.74, 6) is 0.0718. The number of fused-ring (bicyclic) bond motifs is 2. The maximum Gasteiger partial charge on any atom is 0.270 e. The molecule has 0 unspecified atom stereocenters. The van der Waals surface area contributed by atoms with Gasteiger partial charge >= 0.3 is 0 Å². The Labute approximate surface area is 128 Å². The maximum absolute atomic E-state index is 12.8. The normalized spacial score (nSPS) is 25.3. The number of rotatable bonds is 1. The summed E-state index contributed by atoms with van der Waals surface area (Å²) >= 11 is 6.00. The number of hydrogen-bond donors (Lipinski definition) is 1. The number of nitrogens with zero attached hydrogens (tertiary/aromatic N) is 1. The number of ether oxygens (including phenoxy) is 1. The van der Waals surface area contributed by atoms with Gasteiger partial charge in [-0.2, -0.15) is 0 Å².